The Labute approximate surface area is 212 Å². The molecular weight excluding hydrogens is 476 g/mol. The zero-order valence-corrected chi connectivity index (χ0v) is 19.9. The van der Waals surface area contributed by atoms with Crippen molar-refractivity contribution in [2.24, 2.45) is 5.92 Å². The number of anilines is 1. The second kappa shape index (κ2) is 7.21. The summed E-state index contributed by atoms with van der Waals surface area (Å²) < 4.78 is 0. The van der Waals surface area contributed by atoms with E-state index in [-0.39, 0.29) is 5.91 Å². The molecule has 0 radical (unpaired) electrons. The summed E-state index contributed by atoms with van der Waals surface area (Å²) in [7, 11) is 0. The van der Waals surface area contributed by atoms with Gasteiger partial charge in [-0.1, -0.05) is 54.1 Å². The maximum absolute atomic E-state index is 14.6. The maximum atomic E-state index is 14.6. The van der Waals surface area contributed by atoms with Crippen LogP contribution >= 0.6 is 11.6 Å². The number of carbonyl (C=O) groups excluding carboxylic acids is 4. The molecule has 4 aliphatic rings. The predicted molar refractivity (Wildman–Crippen MR) is 134 cm³/mol. The molecular formula is C29H21ClN2O4. The van der Waals surface area contributed by atoms with Crippen LogP contribution in [0.15, 0.2) is 72.8 Å². The highest BCUT2D eigenvalue weighted by Gasteiger charge is 2.80. The summed E-state index contributed by atoms with van der Waals surface area (Å²) in [6.07, 6.45) is 1.33. The van der Waals surface area contributed by atoms with Gasteiger partial charge in [0.1, 0.15) is 5.41 Å². The zero-order valence-electron chi connectivity index (χ0n) is 19.2. The lowest BCUT2D eigenvalue weighted by Gasteiger charge is -2.37. The molecule has 7 rings (SSSR count). The minimum atomic E-state index is -1.78. The molecule has 2 fully saturated rings. The van der Waals surface area contributed by atoms with Crippen molar-refractivity contribution in [3.05, 3.63) is 100 Å². The third-order valence-electron chi connectivity index (χ3n) is 8.60. The van der Waals surface area contributed by atoms with E-state index in [9.17, 15) is 19.2 Å². The first-order valence-electron chi connectivity index (χ1n) is 12.1. The van der Waals surface area contributed by atoms with E-state index in [2.05, 4.69) is 5.32 Å². The van der Waals surface area contributed by atoms with E-state index in [1.807, 2.05) is 29.2 Å². The SMILES string of the molecule is O=C(c1ccc(Cl)cc1)[C@@H]1C2(C(=O)c3ccccc3C2=O)N2CCC[C@@H]2[C@]12C(=O)Nc1ccccc12. The molecule has 0 saturated carbocycles. The third-order valence-corrected chi connectivity index (χ3v) is 8.85. The van der Waals surface area contributed by atoms with Crippen LogP contribution < -0.4 is 5.32 Å². The van der Waals surface area contributed by atoms with Crippen molar-refractivity contribution < 1.29 is 19.2 Å². The Morgan fingerprint density at radius 2 is 1.53 bits per heavy atom. The molecule has 3 atom stereocenters. The number of nitrogens with zero attached hydrogens (tertiary/aromatic N) is 1. The maximum Gasteiger partial charge on any atom is 0.237 e. The molecule has 0 unspecified atom stereocenters. The summed E-state index contributed by atoms with van der Waals surface area (Å²) >= 11 is 6.10. The molecule has 3 aliphatic heterocycles. The molecule has 2 saturated heterocycles. The van der Waals surface area contributed by atoms with Crippen LogP contribution in [0.25, 0.3) is 0 Å². The van der Waals surface area contributed by atoms with Crippen molar-refractivity contribution in [3.63, 3.8) is 0 Å². The molecule has 3 heterocycles. The fourth-order valence-corrected chi connectivity index (χ4v) is 7.49. The first-order valence-corrected chi connectivity index (χ1v) is 12.5. The summed E-state index contributed by atoms with van der Waals surface area (Å²) in [5.41, 5.74) is -0.925. The molecule has 1 aliphatic carbocycles. The number of carbonyl (C=O) groups is 4. The lowest BCUT2D eigenvalue weighted by Crippen LogP contribution is -2.60. The van der Waals surface area contributed by atoms with Crippen LogP contribution in [0.3, 0.4) is 0 Å². The van der Waals surface area contributed by atoms with Crippen LogP contribution in [-0.4, -0.2) is 46.3 Å². The van der Waals surface area contributed by atoms with Gasteiger partial charge in [0.05, 0.1) is 5.92 Å². The van der Waals surface area contributed by atoms with E-state index in [1.54, 1.807) is 48.5 Å². The molecule has 0 aromatic heterocycles. The summed E-state index contributed by atoms with van der Waals surface area (Å²) in [5, 5.41) is 3.45. The number of Topliss-reactive ketones (excluding diaryl/α,β-unsaturated/α-hetero) is 3. The fourth-order valence-electron chi connectivity index (χ4n) is 7.36. The number of hydrogen-bond acceptors (Lipinski definition) is 5. The minimum absolute atomic E-state index is 0.311. The molecule has 1 N–H and O–H groups in total. The molecule has 6 nitrogen and oxygen atoms in total. The molecule has 1 amide bonds. The van der Waals surface area contributed by atoms with E-state index in [4.69, 9.17) is 11.6 Å². The van der Waals surface area contributed by atoms with Crippen molar-refractivity contribution in [2.75, 3.05) is 11.9 Å². The molecule has 2 spiro atoms. The van der Waals surface area contributed by atoms with E-state index in [0.29, 0.717) is 45.9 Å². The average molecular weight is 497 g/mol. The van der Waals surface area contributed by atoms with Gasteiger partial charge in [-0.05, 0) is 55.3 Å². The minimum Gasteiger partial charge on any atom is -0.325 e. The van der Waals surface area contributed by atoms with Gasteiger partial charge >= 0.3 is 0 Å². The average Bonchev–Trinajstić information content (AvgIpc) is 3.60. The Balaban J connectivity index is 1.57. The molecule has 0 bridgehead atoms. The summed E-state index contributed by atoms with van der Waals surface area (Å²) in [4.78, 5) is 59.3. The molecule has 178 valence electrons. The highest BCUT2D eigenvalue weighted by molar-refractivity contribution is 6.36. The first kappa shape index (κ1) is 21.7. The fraction of sp³-hybridized carbons (Fsp3) is 0.241. The van der Waals surface area contributed by atoms with Crippen LogP contribution in [0.4, 0.5) is 5.69 Å². The second-order valence-electron chi connectivity index (χ2n) is 9.99. The van der Waals surface area contributed by atoms with Crippen LogP contribution in [0, 0.1) is 5.92 Å². The van der Waals surface area contributed by atoms with Crippen molar-refractivity contribution >= 4 is 40.5 Å². The van der Waals surface area contributed by atoms with Crippen LogP contribution in [-0.2, 0) is 10.2 Å². The summed E-state index contributed by atoms with van der Waals surface area (Å²) in [5.74, 6) is -2.75. The standard InChI is InChI=1S/C29H21ClN2O4/c30-17-13-11-16(12-14-17)23(33)24-28(20-8-3-4-9-21(20)31-27(28)36)22-10-5-15-32(22)29(24)25(34)18-6-1-2-7-19(18)26(29)35/h1-4,6-9,11-14,22,24H,5,10,15H2,(H,31,36)/t22-,24+,28+/m1/s1. The van der Waals surface area contributed by atoms with Crippen LogP contribution in [0.1, 0.15) is 49.5 Å². The van der Waals surface area contributed by atoms with E-state index in [1.165, 1.54) is 0 Å². The van der Waals surface area contributed by atoms with Gasteiger partial charge in [-0.3, -0.25) is 24.1 Å². The Kier molecular flexibility index (Phi) is 4.34. The number of nitrogens with one attached hydrogen (secondary N) is 1. The van der Waals surface area contributed by atoms with Gasteiger partial charge in [-0.15, -0.1) is 0 Å². The zero-order chi connectivity index (χ0) is 24.8. The van der Waals surface area contributed by atoms with Crippen molar-refractivity contribution in [1.29, 1.82) is 0 Å². The van der Waals surface area contributed by atoms with Gasteiger partial charge in [-0.2, -0.15) is 0 Å². The van der Waals surface area contributed by atoms with E-state index >= 15 is 0 Å². The molecule has 36 heavy (non-hydrogen) atoms. The second-order valence-corrected chi connectivity index (χ2v) is 10.4. The van der Waals surface area contributed by atoms with Crippen LogP contribution in [0.5, 0.6) is 0 Å². The first-order chi connectivity index (χ1) is 17.4. The number of para-hydroxylation sites is 1. The molecule has 3 aromatic rings. The Morgan fingerprint density at radius 1 is 0.889 bits per heavy atom. The number of benzene rings is 3. The number of hydrogen-bond donors (Lipinski definition) is 1. The lowest BCUT2D eigenvalue weighted by molar-refractivity contribution is -0.122. The normalized spacial score (nSPS) is 27.4. The van der Waals surface area contributed by atoms with Crippen molar-refractivity contribution in [2.45, 2.75) is 29.8 Å². The smallest absolute Gasteiger partial charge is 0.237 e. The summed E-state index contributed by atoms with van der Waals surface area (Å²) in [6, 6.07) is 20.0. The number of ketones is 3. The van der Waals surface area contributed by atoms with Gasteiger partial charge in [0, 0.05) is 33.4 Å². The quantitative estimate of drug-likeness (QED) is 0.422. The van der Waals surface area contributed by atoms with Crippen LogP contribution in [0.2, 0.25) is 5.02 Å². The highest BCUT2D eigenvalue weighted by Crippen LogP contribution is 2.63. The number of rotatable bonds is 2. The number of halogens is 1. The molecule has 7 heteroatoms. The topological polar surface area (TPSA) is 83.6 Å². The van der Waals surface area contributed by atoms with Crippen molar-refractivity contribution in [1.82, 2.24) is 4.90 Å². The van der Waals surface area contributed by atoms with Crippen molar-refractivity contribution in [3.8, 4) is 0 Å². The predicted octanol–water partition coefficient (Wildman–Crippen LogP) is 4.33. The Bertz CT molecular complexity index is 1480. The monoisotopic (exact) mass is 496 g/mol. The highest BCUT2D eigenvalue weighted by atomic mass is 35.5. The van der Waals surface area contributed by atoms with Gasteiger partial charge in [-0.25, -0.2) is 0 Å². The molecule has 3 aromatic carbocycles. The summed E-state index contributed by atoms with van der Waals surface area (Å²) in [6.45, 7) is 0.456. The Hall–Kier alpha value is -3.61. The number of amides is 1. The van der Waals surface area contributed by atoms with Gasteiger partial charge in [0.2, 0.25) is 5.91 Å². The Morgan fingerprint density at radius 3 is 2.22 bits per heavy atom. The van der Waals surface area contributed by atoms with E-state index < -0.39 is 40.3 Å². The lowest BCUT2D eigenvalue weighted by atomic mass is 9.60. The van der Waals surface area contributed by atoms with Gasteiger partial charge in [0.25, 0.3) is 0 Å². The van der Waals surface area contributed by atoms with Gasteiger partial charge in [0.15, 0.2) is 22.9 Å². The third kappa shape index (κ3) is 2.32. The number of fused-ring (bicyclic) bond motifs is 6. The van der Waals surface area contributed by atoms with Gasteiger partial charge < -0.3 is 5.32 Å². The van der Waals surface area contributed by atoms with E-state index in [0.717, 1.165) is 6.42 Å². The largest absolute Gasteiger partial charge is 0.325 e.